The lowest BCUT2D eigenvalue weighted by Gasteiger charge is -2.10. The number of nitrogens with zero attached hydrogens (tertiary/aromatic N) is 5. The van der Waals surface area contributed by atoms with Crippen molar-refractivity contribution in [3.05, 3.63) is 59.9 Å². The Hall–Kier alpha value is -3.50. The Morgan fingerprint density at radius 3 is 2.52 bits per heavy atom. The second-order valence-corrected chi connectivity index (χ2v) is 6.37. The van der Waals surface area contributed by atoms with Crippen molar-refractivity contribution in [3.63, 3.8) is 0 Å². The van der Waals surface area contributed by atoms with Gasteiger partial charge in [0.1, 0.15) is 5.82 Å². The van der Waals surface area contributed by atoms with E-state index in [9.17, 15) is 10.0 Å². The molecule has 0 amide bonds. The number of methoxy groups -OCH3 is 1. The van der Waals surface area contributed by atoms with Crippen LogP contribution in [0.3, 0.4) is 0 Å². The summed E-state index contributed by atoms with van der Waals surface area (Å²) in [5.41, 5.74) is 2.36. The van der Waals surface area contributed by atoms with Crippen LogP contribution in [-0.2, 0) is 6.54 Å². The Morgan fingerprint density at radius 1 is 1.00 bits per heavy atom. The number of rotatable bonds is 6. The predicted molar refractivity (Wildman–Crippen MR) is 109 cm³/mol. The van der Waals surface area contributed by atoms with Gasteiger partial charge >= 0.3 is 13.1 Å². The van der Waals surface area contributed by atoms with Crippen molar-refractivity contribution in [3.8, 4) is 12.0 Å². The van der Waals surface area contributed by atoms with Gasteiger partial charge in [0.2, 0.25) is 11.9 Å². The molecule has 0 radical (unpaired) electrons. The largest absolute Gasteiger partial charge is 0.490 e. The normalized spacial score (nSPS) is 10.9. The standard InChI is InChI=1S/C19H19BN6O3/c1-12-22-17(21-11-13-7-4-3-5-8-13)25-18(23-12)26-15-10-6-9-14(20(27)28)16(15)24-19(26)29-2/h3-10,27-28H,11H2,1-2H3,(H,21,22,23,25). The molecule has 4 aromatic rings. The first-order chi connectivity index (χ1) is 14.1. The highest BCUT2D eigenvalue weighted by molar-refractivity contribution is 6.61. The van der Waals surface area contributed by atoms with Gasteiger partial charge in [-0.15, -0.1) is 0 Å². The van der Waals surface area contributed by atoms with Gasteiger partial charge in [-0.3, -0.25) is 0 Å². The Bertz CT molecular complexity index is 1150. The number of imidazole rings is 1. The Labute approximate surface area is 167 Å². The molecule has 0 atom stereocenters. The Balaban J connectivity index is 1.77. The quantitative estimate of drug-likeness (QED) is 0.414. The SMILES string of the molecule is COc1nc2c(B(O)O)cccc2n1-c1nc(C)nc(NCc2ccccc2)n1. The van der Waals surface area contributed by atoms with Gasteiger partial charge in [-0.05, 0) is 18.6 Å². The van der Waals surface area contributed by atoms with E-state index in [1.807, 2.05) is 30.3 Å². The van der Waals surface area contributed by atoms with E-state index in [-0.39, 0.29) is 11.5 Å². The van der Waals surface area contributed by atoms with Crippen molar-refractivity contribution >= 4 is 29.6 Å². The highest BCUT2D eigenvalue weighted by Crippen LogP contribution is 2.24. The number of fused-ring (bicyclic) bond motifs is 1. The van der Waals surface area contributed by atoms with Crippen LogP contribution in [0.5, 0.6) is 6.01 Å². The van der Waals surface area contributed by atoms with E-state index in [1.54, 1.807) is 29.7 Å². The van der Waals surface area contributed by atoms with Gasteiger partial charge in [0.25, 0.3) is 0 Å². The lowest BCUT2D eigenvalue weighted by Crippen LogP contribution is -2.30. The van der Waals surface area contributed by atoms with Crippen LogP contribution in [0.25, 0.3) is 17.0 Å². The first-order valence-electron chi connectivity index (χ1n) is 8.99. The molecule has 0 saturated carbocycles. The first-order valence-corrected chi connectivity index (χ1v) is 8.99. The zero-order valence-corrected chi connectivity index (χ0v) is 15.9. The minimum absolute atomic E-state index is 0.229. The smallest absolute Gasteiger partial charge is 0.468 e. The molecule has 9 nitrogen and oxygen atoms in total. The molecule has 0 fully saturated rings. The van der Waals surface area contributed by atoms with Crippen molar-refractivity contribution in [2.75, 3.05) is 12.4 Å². The maximum absolute atomic E-state index is 9.65. The molecule has 0 unspecified atom stereocenters. The molecule has 3 N–H and O–H groups in total. The molecular formula is C19H19BN6O3. The number of benzene rings is 2. The summed E-state index contributed by atoms with van der Waals surface area (Å²) >= 11 is 0. The summed E-state index contributed by atoms with van der Waals surface area (Å²) in [4.78, 5) is 17.7. The van der Waals surface area contributed by atoms with Crippen molar-refractivity contribution in [2.45, 2.75) is 13.5 Å². The second kappa shape index (κ2) is 7.86. The van der Waals surface area contributed by atoms with Crippen molar-refractivity contribution < 1.29 is 14.8 Å². The number of aromatic nitrogens is 5. The van der Waals surface area contributed by atoms with Crippen LogP contribution < -0.4 is 15.5 Å². The summed E-state index contributed by atoms with van der Waals surface area (Å²) in [6, 6.07) is 15.2. The summed E-state index contributed by atoms with van der Waals surface area (Å²) < 4.78 is 7.01. The summed E-state index contributed by atoms with van der Waals surface area (Å²) in [5, 5.41) is 22.5. The molecular weight excluding hydrogens is 371 g/mol. The van der Waals surface area contributed by atoms with E-state index in [0.29, 0.717) is 35.3 Å². The van der Waals surface area contributed by atoms with E-state index >= 15 is 0 Å². The van der Waals surface area contributed by atoms with Crippen LogP contribution in [0.2, 0.25) is 0 Å². The molecule has 10 heteroatoms. The van der Waals surface area contributed by atoms with E-state index < -0.39 is 7.12 Å². The van der Waals surface area contributed by atoms with Crippen molar-refractivity contribution in [2.24, 2.45) is 0 Å². The van der Waals surface area contributed by atoms with Crippen LogP contribution >= 0.6 is 0 Å². The molecule has 0 aliphatic rings. The van der Waals surface area contributed by atoms with Crippen LogP contribution in [-0.4, -0.2) is 48.8 Å². The second-order valence-electron chi connectivity index (χ2n) is 6.37. The molecule has 2 aromatic carbocycles. The maximum Gasteiger partial charge on any atom is 0.490 e. The number of ether oxygens (including phenoxy) is 1. The molecule has 0 bridgehead atoms. The monoisotopic (exact) mass is 390 g/mol. The first kappa shape index (κ1) is 18.8. The lowest BCUT2D eigenvalue weighted by molar-refractivity contribution is 0.374. The molecule has 29 heavy (non-hydrogen) atoms. The third kappa shape index (κ3) is 3.75. The number of hydrogen-bond donors (Lipinski definition) is 3. The lowest BCUT2D eigenvalue weighted by atomic mass is 9.79. The Kier molecular flexibility index (Phi) is 5.11. The van der Waals surface area contributed by atoms with E-state index in [2.05, 4.69) is 25.3 Å². The Morgan fingerprint density at radius 2 is 1.79 bits per heavy atom. The van der Waals surface area contributed by atoms with Crippen LogP contribution in [0.1, 0.15) is 11.4 Å². The summed E-state index contributed by atoms with van der Waals surface area (Å²) in [5.74, 6) is 1.25. The van der Waals surface area contributed by atoms with Gasteiger partial charge in [0.05, 0.1) is 18.1 Å². The fraction of sp³-hybridized carbons (Fsp3) is 0.158. The molecule has 0 aliphatic heterocycles. The number of anilines is 1. The van der Waals surface area contributed by atoms with Gasteiger partial charge in [0.15, 0.2) is 0 Å². The zero-order chi connectivity index (χ0) is 20.4. The highest BCUT2D eigenvalue weighted by atomic mass is 16.5. The average Bonchev–Trinajstić information content (AvgIpc) is 3.11. The third-order valence-electron chi connectivity index (χ3n) is 4.38. The molecule has 146 valence electrons. The van der Waals surface area contributed by atoms with Gasteiger partial charge in [-0.2, -0.15) is 19.9 Å². The van der Waals surface area contributed by atoms with Crippen LogP contribution in [0.4, 0.5) is 5.95 Å². The molecule has 2 heterocycles. The van der Waals surface area contributed by atoms with E-state index in [1.165, 1.54) is 7.11 Å². The van der Waals surface area contributed by atoms with Crippen molar-refractivity contribution in [1.29, 1.82) is 0 Å². The summed E-state index contributed by atoms with van der Waals surface area (Å²) in [7, 11) is -0.176. The van der Waals surface area contributed by atoms with Crippen LogP contribution in [0, 0.1) is 6.92 Å². The van der Waals surface area contributed by atoms with Gasteiger partial charge in [0, 0.05) is 12.0 Å². The topological polar surface area (TPSA) is 118 Å². The maximum atomic E-state index is 9.65. The third-order valence-corrected chi connectivity index (χ3v) is 4.38. The van der Waals surface area contributed by atoms with Crippen LogP contribution in [0.15, 0.2) is 48.5 Å². The number of para-hydroxylation sites is 1. The molecule has 0 aliphatic carbocycles. The predicted octanol–water partition coefficient (Wildman–Crippen LogP) is 0.819. The average molecular weight is 390 g/mol. The van der Waals surface area contributed by atoms with Gasteiger partial charge in [-0.1, -0.05) is 42.5 Å². The molecule has 4 rings (SSSR count). The number of nitrogens with one attached hydrogen (secondary N) is 1. The zero-order valence-electron chi connectivity index (χ0n) is 15.9. The van der Waals surface area contributed by atoms with Gasteiger partial charge in [-0.25, -0.2) is 4.57 Å². The molecule has 2 aromatic heterocycles. The molecule has 0 spiro atoms. The molecule has 0 saturated heterocycles. The fourth-order valence-corrected chi connectivity index (χ4v) is 3.06. The minimum Gasteiger partial charge on any atom is -0.468 e. The minimum atomic E-state index is -1.66. The van der Waals surface area contributed by atoms with E-state index in [0.717, 1.165) is 5.56 Å². The summed E-state index contributed by atoms with van der Waals surface area (Å²) in [6.45, 7) is 2.33. The van der Waals surface area contributed by atoms with Crippen molar-refractivity contribution in [1.82, 2.24) is 24.5 Å². The van der Waals surface area contributed by atoms with E-state index in [4.69, 9.17) is 4.74 Å². The summed E-state index contributed by atoms with van der Waals surface area (Å²) in [6.07, 6.45) is 0. The number of aryl methyl sites for hydroxylation is 1. The fourth-order valence-electron chi connectivity index (χ4n) is 3.06. The highest BCUT2D eigenvalue weighted by Gasteiger charge is 2.22. The number of hydrogen-bond acceptors (Lipinski definition) is 8. The van der Waals surface area contributed by atoms with Gasteiger partial charge < -0.3 is 20.1 Å².